The van der Waals surface area contributed by atoms with Crippen molar-refractivity contribution in [3.63, 3.8) is 0 Å². The number of benzene rings is 1. The molecule has 2 bridgehead atoms. The molecule has 2 fully saturated rings. The fraction of sp³-hybridized carbons (Fsp3) is 0.471. The van der Waals surface area contributed by atoms with E-state index in [1.165, 1.54) is 30.2 Å². The second-order valence-corrected chi connectivity index (χ2v) is 6.08. The van der Waals surface area contributed by atoms with Gasteiger partial charge in [-0.2, -0.15) is 0 Å². The minimum absolute atomic E-state index is 0.449. The Morgan fingerprint density at radius 2 is 2.20 bits per heavy atom. The molecule has 0 aliphatic carbocycles. The van der Waals surface area contributed by atoms with E-state index in [9.17, 15) is 0 Å². The number of rotatable bonds is 3. The molecular formula is C17H20N2O. The van der Waals surface area contributed by atoms with Gasteiger partial charge in [0.05, 0.1) is 17.7 Å². The molecule has 0 spiro atoms. The van der Waals surface area contributed by atoms with Crippen LogP contribution < -0.4 is 5.32 Å². The number of fused-ring (bicyclic) bond motifs is 3. The van der Waals surface area contributed by atoms with Gasteiger partial charge in [0, 0.05) is 23.7 Å². The molecule has 3 heteroatoms. The molecule has 2 aliphatic rings. The molecule has 3 nitrogen and oxygen atoms in total. The predicted octanol–water partition coefficient (Wildman–Crippen LogP) is 2.95. The van der Waals surface area contributed by atoms with Gasteiger partial charge >= 0.3 is 0 Å². The van der Waals surface area contributed by atoms with Crippen LogP contribution in [-0.4, -0.2) is 23.2 Å². The Balaban J connectivity index is 1.47. The molecule has 0 amide bonds. The number of hydrogen-bond donors (Lipinski definition) is 1. The first-order valence-electron chi connectivity index (χ1n) is 7.53. The van der Waals surface area contributed by atoms with Gasteiger partial charge < -0.3 is 10.1 Å². The topological polar surface area (TPSA) is 34.1 Å². The number of aryl methyl sites for hydroxylation is 1. The zero-order valence-corrected chi connectivity index (χ0v) is 11.8. The van der Waals surface area contributed by atoms with Crippen molar-refractivity contribution < 1.29 is 4.74 Å². The molecule has 1 N–H and O–H groups in total. The monoisotopic (exact) mass is 268 g/mol. The average Bonchev–Trinajstić information content (AvgIpc) is 3.07. The summed E-state index contributed by atoms with van der Waals surface area (Å²) < 4.78 is 5.88. The highest BCUT2D eigenvalue weighted by molar-refractivity contribution is 5.79. The molecular weight excluding hydrogens is 248 g/mol. The molecule has 2 aliphatic heterocycles. The zero-order chi connectivity index (χ0) is 13.5. The second kappa shape index (κ2) is 4.83. The van der Waals surface area contributed by atoms with E-state index in [-0.39, 0.29) is 0 Å². The number of hydrogen-bond acceptors (Lipinski definition) is 3. The Morgan fingerprint density at radius 3 is 3.00 bits per heavy atom. The third kappa shape index (κ3) is 2.21. The lowest BCUT2D eigenvalue weighted by Crippen LogP contribution is -2.36. The standard InChI is InChI=1S/C17H20N2O/c1-11-2-4-13-8-12(3-6-15(13)19-11)10-18-16-9-14-5-7-17(16)20-14/h2-4,6,8,14,16-18H,5,7,9-10H2,1H3. The summed E-state index contributed by atoms with van der Waals surface area (Å²) in [5, 5.41) is 4.88. The molecule has 3 heterocycles. The summed E-state index contributed by atoms with van der Waals surface area (Å²) >= 11 is 0. The van der Waals surface area contributed by atoms with Gasteiger partial charge in [0.2, 0.25) is 0 Å². The molecule has 104 valence electrons. The van der Waals surface area contributed by atoms with Crippen LogP contribution in [0.3, 0.4) is 0 Å². The Kier molecular flexibility index (Phi) is 2.97. The summed E-state index contributed by atoms with van der Waals surface area (Å²) in [6.45, 7) is 2.95. The van der Waals surface area contributed by atoms with Crippen LogP contribution in [0.5, 0.6) is 0 Å². The summed E-state index contributed by atoms with van der Waals surface area (Å²) in [4.78, 5) is 4.55. The molecule has 2 saturated heterocycles. The van der Waals surface area contributed by atoms with Crippen molar-refractivity contribution in [3.8, 4) is 0 Å². The van der Waals surface area contributed by atoms with Gasteiger partial charge in [0.1, 0.15) is 0 Å². The molecule has 0 saturated carbocycles. The predicted molar refractivity (Wildman–Crippen MR) is 79.6 cm³/mol. The van der Waals surface area contributed by atoms with E-state index >= 15 is 0 Å². The highest BCUT2D eigenvalue weighted by Crippen LogP contribution is 2.34. The number of aromatic nitrogens is 1. The summed E-state index contributed by atoms with van der Waals surface area (Å²) in [7, 11) is 0. The molecule has 2 aromatic rings. The summed E-state index contributed by atoms with van der Waals surface area (Å²) in [5.41, 5.74) is 3.48. The van der Waals surface area contributed by atoms with Crippen LogP contribution in [0, 0.1) is 6.92 Å². The van der Waals surface area contributed by atoms with Gasteiger partial charge in [0.25, 0.3) is 0 Å². The first-order chi connectivity index (χ1) is 9.78. The van der Waals surface area contributed by atoms with Crippen molar-refractivity contribution >= 4 is 10.9 Å². The van der Waals surface area contributed by atoms with Gasteiger partial charge in [-0.15, -0.1) is 0 Å². The molecule has 3 atom stereocenters. The SMILES string of the molecule is Cc1ccc2cc(CNC3CC4CCC3O4)ccc2n1. The normalized spacial score (nSPS) is 28.4. The van der Waals surface area contributed by atoms with Crippen LogP contribution in [-0.2, 0) is 11.3 Å². The molecule has 0 radical (unpaired) electrons. The minimum atomic E-state index is 0.449. The van der Waals surface area contributed by atoms with Crippen molar-refractivity contribution in [2.24, 2.45) is 0 Å². The number of nitrogens with one attached hydrogen (secondary N) is 1. The third-order valence-corrected chi connectivity index (χ3v) is 4.57. The molecule has 4 rings (SSSR count). The number of nitrogens with zero attached hydrogens (tertiary/aromatic N) is 1. The highest BCUT2D eigenvalue weighted by atomic mass is 16.5. The minimum Gasteiger partial charge on any atom is -0.373 e. The van der Waals surface area contributed by atoms with E-state index in [1.54, 1.807) is 0 Å². The van der Waals surface area contributed by atoms with E-state index in [0.29, 0.717) is 18.2 Å². The number of ether oxygens (including phenoxy) is 1. The van der Waals surface area contributed by atoms with Crippen molar-refractivity contribution in [1.82, 2.24) is 10.3 Å². The Bertz CT molecular complexity index is 640. The largest absolute Gasteiger partial charge is 0.373 e. The Hall–Kier alpha value is -1.45. The maximum absolute atomic E-state index is 5.88. The quantitative estimate of drug-likeness (QED) is 0.929. The summed E-state index contributed by atoms with van der Waals surface area (Å²) in [6, 6.07) is 11.3. The first-order valence-corrected chi connectivity index (χ1v) is 7.53. The lowest BCUT2D eigenvalue weighted by Gasteiger charge is -2.20. The van der Waals surface area contributed by atoms with Gasteiger partial charge in [-0.3, -0.25) is 4.98 Å². The average molecular weight is 268 g/mol. The number of pyridine rings is 1. The molecule has 3 unspecified atom stereocenters. The zero-order valence-electron chi connectivity index (χ0n) is 11.8. The van der Waals surface area contributed by atoms with Crippen LogP contribution >= 0.6 is 0 Å². The van der Waals surface area contributed by atoms with Gasteiger partial charge in [-0.1, -0.05) is 12.1 Å². The maximum Gasteiger partial charge on any atom is 0.0733 e. The lowest BCUT2D eigenvalue weighted by molar-refractivity contribution is 0.0973. The summed E-state index contributed by atoms with van der Waals surface area (Å²) in [6.07, 6.45) is 4.62. The molecule has 1 aromatic carbocycles. The van der Waals surface area contributed by atoms with Crippen LogP contribution in [0.1, 0.15) is 30.5 Å². The van der Waals surface area contributed by atoms with Gasteiger partial charge in [-0.05, 0) is 49.9 Å². The van der Waals surface area contributed by atoms with Crippen molar-refractivity contribution in [3.05, 3.63) is 41.6 Å². The maximum atomic E-state index is 5.88. The van der Waals surface area contributed by atoms with Crippen LogP contribution in [0.15, 0.2) is 30.3 Å². The van der Waals surface area contributed by atoms with Gasteiger partial charge in [-0.25, -0.2) is 0 Å². The van der Waals surface area contributed by atoms with Crippen molar-refractivity contribution in [1.29, 1.82) is 0 Å². The van der Waals surface area contributed by atoms with Crippen LogP contribution in [0.4, 0.5) is 0 Å². The van der Waals surface area contributed by atoms with E-state index in [2.05, 4.69) is 40.6 Å². The fourth-order valence-electron chi connectivity index (χ4n) is 3.49. The first kappa shape index (κ1) is 12.3. The fourth-order valence-corrected chi connectivity index (χ4v) is 3.49. The van der Waals surface area contributed by atoms with Crippen LogP contribution in [0.2, 0.25) is 0 Å². The van der Waals surface area contributed by atoms with Crippen molar-refractivity contribution in [2.45, 2.75) is 51.0 Å². The van der Waals surface area contributed by atoms with E-state index in [4.69, 9.17) is 4.74 Å². The van der Waals surface area contributed by atoms with E-state index < -0.39 is 0 Å². The molecule has 20 heavy (non-hydrogen) atoms. The second-order valence-electron chi connectivity index (χ2n) is 6.08. The third-order valence-electron chi connectivity index (χ3n) is 4.57. The van der Waals surface area contributed by atoms with E-state index in [0.717, 1.165) is 17.8 Å². The molecule has 1 aromatic heterocycles. The summed E-state index contributed by atoms with van der Waals surface area (Å²) in [5.74, 6) is 0. The van der Waals surface area contributed by atoms with Crippen LogP contribution in [0.25, 0.3) is 10.9 Å². The highest BCUT2D eigenvalue weighted by Gasteiger charge is 2.40. The Morgan fingerprint density at radius 1 is 1.25 bits per heavy atom. The Labute approximate surface area is 119 Å². The lowest BCUT2D eigenvalue weighted by atomic mass is 9.95. The smallest absolute Gasteiger partial charge is 0.0733 e. The van der Waals surface area contributed by atoms with Crippen molar-refractivity contribution in [2.75, 3.05) is 0 Å². The van der Waals surface area contributed by atoms with E-state index in [1.807, 2.05) is 6.92 Å². The van der Waals surface area contributed by atoms with Gasteiger partial charge in [0.15, 0.2) is 0 Å².